The SMILES string of the molecule is O=C(O)[C@@H](Cc1ccc(O)cc1)c1ccc([C@H](Cc2ccc(O)cc2)C(=O)O)cc1. The molecule has 0 aliphatic rings. The molecule has 0 spiro atoms. The third-order valence-corrected chi connectivity index (χ3v) is 5.09. The standard InChI is InChI=1S/C24H22O6/c25-19-9-1-15(2-10-19)13-21(23(27)28)17-5-7-18(8-6-17)22(24(29)30)14-16-3-11-20(26)12-4-16/h1-12,21-22,25-26H,13-14H2,(H,27,28)(H,29,30)/t21-,22-/m0/s1. The van der Waals surface area contributed by atoms with Gasteiger partial charge in [0.25, 0.3) is 0 Å². The fourth-order valence-corrected chi connectivity index (χ4v) is 3.39. The number of benzene rings is 3. The van der Waals surface area contributed by atoms with Gasteiger partial charge in [-0.25, -0.2) is 0 Å². The molecule has 6 heteroatoms. The van der Waals surface area contributed by atoms with Crippen molar-refractivity contribution in [2.75, 3.05) is 0 Å². The maximum atomic E-state index is 11.8. The molecule has 2 atom stereocenters. The van der Waals surface area contributed by atoms with E-state index in [0.717, 1.165) is 11.1 Å². The summed E-state index contributed by atoms with van der Waals surface area (Å²) in [6, 6.07) is 19.4. The Morgan fingerprint density at radius 1 is 0.567 bits per heavy atom. The van der Waals surface area contributed by atoms with Crippen molar-refractivity contribution in [1.82, 2.24) is 0 Å². The molecule has 3 aromatic carbocycles. The maximum Gasteiger partial charge on any atom is 0.311 e. The summed E-state index contributed by atoms with van der Waals surface area (Å²) in [5.41, 5.74) is 2.71. The van der Waals surface area contributed by atoms with Crippen molar-refractivity contribution in [3.05, 3.63) is 95.1 Å². The fourth-order valence-electron chi connectivity index (χ4n) is 3.39. The van der Waals surface area contributed by atoms with Gasteiger partial charge < -0.3 is 20.4 Å². The van der Waals surface area contributed by atoms with Gasteiger partial charge in [0.05, 0.1) is 11.8 Å². The average molecular weight is 406 g/mol. The Bertz CT molecular complexity index is 923. The van der Waals surface area contributed by atoms with Crippen LogP contribution in [0.15, 0.2) is 72.8 Å². The highest BCUT2D eigenvalue weighted by atomic mass is 16.4. The number of rotatable bonds is 8. The molecule has 4 N–H and O–H groups in total. The number of phenols is 2. The molecule has 3 rings (SSSR count). The highest BCUT2D eigenvalue weighted by Crippen LogP contribution is 2.27. The number of hydrogen-bond donors (Lipinski definition) is 4. The van der Waals surface area contributed by atoms with Crippen LogP contribution in [0.5, 0.6) is 11.5 Å². The summed E-state index contributed by atoms with van der Waals surface area (Å²) in [6.07, 6.45) is 0.510. The van der Waals surface area contributed by atoms with E-state index in [4.69, 9.17) is 0 Å². The fraction of sp³-hybridized carbons (Fsp3) is 0.167. The molecule has 0 fully saturated rings. The predicted molar refractivity (Wildman–Crippen MR) is 111 cm³/mol. The number of aromatic hydroxyl groups is 2. The van der Waals surface area contributed by atoms with Crippen LogP contribution in [0.3, 0.4) is 0 Å². The Hall–Kier alpha value is -3.80. The molecule has 0 aromatic heterocycles. The van der Waals surface area contributed by atoms with Crippen LogP contribution in [0, 0.1) is 0 Å². The first-order valence-electron chi connectivity index (χ1n) is 9.45. The number of hydrogen-bond acceptors (Lipinski definition) is 4. The molecule has 0 heterocycles. The van der Waals surface area contributed by atoms with Crippen LogP contribution in [-0.4, -0.2) is 32.4 Å². The van der Waals surface area contributed by atoms with Crippen LogP contribution >= 0.6 is 0 Å². The van der Waals surface area contributed by atoms with Gasteiger partial charge in [-0.1, -0.05) is 48.5 Å². The Balaban J connectivity index is 1.80. The van der Waals surface area contributed by atoms with Gasteiger partial charge in [-0.15, -0.1) is 0 Å². The third kappa shape index (κ3) is 5.17. The van der Waals surface area contributed by atoms with Crippen LogP contribution in [0.4, 0.5) is 0 Å². The van der Waals surface area contributed by atoms with Crippen molar-refractivity contribution in [2.45, 2.75) is 24.7 Å². The van der Waals surface area contributed by atoms with Crippen molar-refractivity contribution >= 4 is 11.9 Å². The van der Waals surface area contributed by atoms with E-state index in [1.165, 1.54) is 24.3 Å². The van der Waals surface area contributed by atoms with Crippen molar-refractivity contribution in [3.63, 3.8) is 0 Å². The van der Waals surface area contributed by atoms with Gasteiger partial charge in [-0.05, 0) is 59.4 Å². The number of carboxylic acids is 2. The smallest absolute Gasteiger partial charge is 0.311 e. The van der Waals surface area contributed by atoms with Gasteiger partial charge in [0.1, 0.15) is 11.5 Å². The Kier molecular flexibility index (Phi) is 6.37. The Morgan fingerprint density at radius 3 is 1.13 bits per heavy atom. The zero-order valence-electron chi connectivity index (χ0n) is 16.1. The molecule has 0 bridgehead atoms. The molecule has 0 aliphatic carbocycles. The van der Waals surface area contributed by atoms with Crippen LogP contribution in [-0.2, 0) is 22.4 Å². The van der Waals surface area contributed by atoms with Gasteiger partial charge >= 0.3 is 11.9 Å². The number of carboxylic acid groups (broad SMARTS) is 2. The lowest BCUT2D eigenvalue weighted by Gasteiger charge is -2.16. The van der Waals surface area contributed by atoms with E-state index in [2.05, 4.69) is 0 Å². The molecular formula is C24H22O6. The minimum Gasteiger partial charge on any atom is -0.508 e. The first-order chi connectivity index (χ1) is 14.3. The van der Waals surface area contributed by atoms with E-state index in [9.17, 15) is 30.0 Å². The molecule has 0 saturated heterocycles. The van der Waals surface area contributed by atoms with Gasteiger partial charge in [0.15, 0.2) is 0 Å². The molecular weight excluding hydrogens is 384 g/mol. The normalized spacial score (nSPS) is 12.8. The number of carbonyl (C=O) groups is 2. The molecule has 0 saturated carbocycles. The Labute approximate surface area is 173 Å². The van der Waals surface area contributed by atoms with Gasteiger partial charge in [0, 0.05) is 0 Å². The van der Waals surface area contributed by atoms with Gasteiger partial charge in [-0.3, -0.25) is 9.59 Å². The van der Waals surface area contributed by atoms with Gasteiger partial charge in [0.2, 0.25) is 0 Å². The quantitative estimate of drug-likeness (QED) is 0.451. The molecule has 0 aliphatic heterocycles. The summed E-state index contributed by atoms with van der Waals surface area (Å²) < 4.78 is 0. The van der Waals surface area contributed by atoms with Crippen molar-refractivity contribution in [3.8, 4) is 11.5 Å². The van der Waals surface area contributed by atoms with Gasteiger partial charge in [-0.2, -0.15) is 0 Å². The summed E-state index contributed by atoms with van der Waals surface area (Å²) in [7, 11) is 0. The second-order valence-corrected chi connectivity index (χ2v) is 7.19. The van der Waals surface area contributed by atoms with E-state index in [-0.39, 0.29) is 24.3 Å². The first kappa shape index (κ1) is 20.9. The van der Waals surface area contributed by atoms with Crippen LogP contribution in [0.1, 0.15) is 34.1 Å². The predicted octanol–water partition coefficient (Wildman–Crippen LogP) is 3.92. The zero-order valence-corrected chi connectivity index (χ0v) is 16.1. The second-order valence-electron chi connectivity index (χ2n) is 7.19. The molecule has 3 aromatic rings. The van der Waals surface area contributed by atoms with Crippen molar-refractivity contribution in [1.29, 1.82) is 0 Å². The monoisotopic (exact) mass is 406 g/mol. The topological polar surface area (TPSA) is 115 Å². The summed E-state index contributed by atoms with van der Waals surface area (Å²) in [5, 5.41) is 38.1. The van der Waals surface area contributed by atoms with E-state index in [1.54, 1.807) is 48.5 Å². The lowest BCUT2D eigenvalue weighted by molar-refractivity contribution is -0.139. The molecule has 0 radical (unpaired) electrons. The second kappa shape index (κ2) is 9.13. The van der Waals surface area contributed by atoms with Crippen molar-refractivity contribution < 1.29 is 30.0 Å². The average Bonchev–Trinajstić information content (AvgIpc) is 2.73. The van der Waals surface area contributed by atoms with Crippen molar-refractivity contribution in [2.24, 2.45) is 0 Å². The molecule has 6 nitrogen and oxygen atoms in total. The summed E-state index contributed by atoms with van der Waals surface area (Å²) >= 11 is 0. The maximum absolute atomic E-state index is 11.8. The summed E-state index contributed by atoms with van der Waals surface area (Å²) in [5.74, 6) is -3.30. The lowest BCUT2D eigenvalue weighted by Crippen LogP contribution is -2.16. The minimum absolute atomic E-state index is 0.114. The number of phenolic OH excluding ortho intramolecular Hbond substituents is 2. The molecule has 0 amide bonds. The summed E-state index contributed by atoms with van der Waals surface area (Å²) in [4.78, 5) is 23.6. The molecule has 30 heavy (non-hydrogen) atoms. The molecule has 154 valence electrons. The Morgan fingerprint density at radius 2 is 0.867 bits per heavy atom. The van der Waals surface area contributed by atoms with E-state index in [0.29, 0.717) is 11.1 Å². The summed E-state index contributed by atoms with van der Waals surface area (Å²) in [6.45, 7) is 0. The largest absolute Gasteiger partial charge is 0.508 e. The minimum atomic E-state index is -0.977. The van der Waals surface area contributed by atoms with E-state index >= 15 is 0 Å². The van der Waals surface area contributed by atoms with Crippen LogP contribution in [0.25, 0.3) is 0 Å². The lowest BCUT2D eigenvalue weighted by atomic mass is 9.88. The third-order valence-electron chi connectivity index (χ3n) is 5.09. The van der Waals surface area contributed by atoms with E-state index < -0.39 is 23.8 Å². The van der Waals surface area contributed by atoms with Crippen LogP contribution in [0.2, 0.25) is 0 Å². The highest BCUT2D eigenvalue weighted by Gasteiger charge is 2.23. The highest BCUT2D eigenvalue weighted by molar-refractivity contribution is 5.78. The first-order valence-corrected chi connectivity index (χ1v) is 9.45. The molecule has 0 unspecified atom stereocenters. The van der Waals surface area contributed by atoms with Crippen LogP contribution < -0.4 is 0 Å². The van der Waals surface area contributed by atoms with E-state index in [1.807, 2.05) is 0 Å². The number of aliphatic carboxylic acids is 2. The zero-order chi connectivity index (χ0) is 21.7.